The van der Waals surface area contributed by atoms with Crippen LogP contribution in [-0.2, 0) is 15.0 Å². The average Bonchev–Trinajstić information content (AvgIpc) is 3.46. The maximum absolute atomic E-state index is 15.4. The highest BCUT2D eigenvalue weighted by Gasteiger charge is 2.38. The lowest BCUT2D eigenvalue weighted by atomic mass is 9.99. The molecule has 4 aromatic rings. The van der Waals surface area contributed by atoms with Crippen molar-refractivity contribution >= 4 is 44.4 Å². The first kappa shape index (κ1) is 34.3. The fraction of sp³-hybridized carbons (Fsp3) is 0.276. The van der Waals surface area contributed by atoms with E-state index in [9.17, 15) is 30.8 Å². The van der Waals surface area contributed by atoms with Gasteiger partial charge in [-0.15, -0.1) is 0 Å². The van der Waals surface area contributed by atoms with Crippen LogP contribution in [0, 0.1) is 11.6 Å². The van der Waals surface area contributed by atoms with Crippen molar-refractivity contribution in [3.8, 4) is 11.1 Å². The number of aromatic nitrogens is 2. The standard InChI is InChI=1S/C27H28F2N6O3S.C2HF3O2/c1-3-34(2)39(37,38)33-23-9-8-22(28)24(25(23)29)26(36)21-16-32-27-20(21)14-18(15-31-27)17-4-6-19(7-5-17)35-12-10-30-11-13-35;3-2(4,5)1(6)7/h4-9,14-16,30,33H,3,10-13H2,1-2H3,(H,31,32);(H,6,7). The Kier molecular flexibility index (Phi) is 10.3. The SMILES string of the molecule is CCN(C)S(=O)(=O)Nc1ccc(F)c(C(=O)c2c[nH]c3ncc(-c4ccc(N5CCNCC5)cc4)cc23)c1F.O=C(O)C(F)(F)F. The average molecular weight is 669 g/mol. The molecule has 0 bridgehead atoms. The fourth-order valence-corrected chi connectivity index (χ4v) is 5.43. The van der Waals surface area contributed by atoms with Crippen LogP contribution in [-0.4, -0.2) is 85.5 Å². The predicted molar refractivity (Wildman–Crippen MR) is 161 cm³/mol. The number of carboxylic acids is 1. The maximum Gasteiger partial charge on any atom is 0.490 e. The van der Waals surface area contributed by atoms with Crippen molar-refractivity contribution in [3.05, 3.63) is 77.6 Å². The number of halogens is 5. The van der Waals surface area contributed by atoms with Crippen LogP contribution in [0.4, 0.5) is 33.3 Å². The molecule has 4 N–H and O–H groups in total. The summed E-state index contributed by atoms with van der Waals surface area (Å²) in [5.41, 5.74) is 1.72. The molecule has 5 rings (SSSR count). The van der Waals surface area contributed by atoms with Gasteiger partial charge >= 0.3 is 22.4 Å². The second-order valence-corrected chi connectivity index (χ2v) is 11.8. The maximum atomic E-state index is 15.4. The van der Waals surface area contributed by atoms with Crippen molar-refractivity contribution in [1.82, 2.24) is 19.6 Å². The van der Waals surface area contributed by atoms with E-state index in [-0.39, 0.29) is 12.1 Å². The quantitative estimate of drug-likeness (QED) is 0.160. The second kappa shape index (κ2) is 13.8. The molecule has 0 aliphatic carbocycles. The predicted octanol–water partition coefficient (Wildman–Crippen LogP) is 4.39. The number of alkyl halides is 3. The molecule has 1 aliphatic rings. The number of carboxylic acid groups (broad SMARTS) is 1. The van der Waals surface area contributed by atoms with E-state index >= 15 is 4.39 Å². The van der Waals surface area contributed by atoms with Crippen LogP contribution in [0.3, 0.4) is 0 Å². The van der Waals surface area contributed by atoms with Crippen LogP contribution in [0.1, 0.15) is 22.8 Å². The Morgan fingerprint density at radius 2 is 1.70 bits per heavy atom. The topological polar surface area (TPSA) is 148 Å². The summed E-state index contributed by atoms with van der Waals surface area (Å²) in [7, 11) is -2.78. The Morgan fingerprint density at radius 1 is 1.07 bits per heavy atom. The van der Waals surface area contributed by atoms with Crippen molar-refractivity contribution in [2.75, 3.05) is 49.4 Å². The summed E-state index contributed by atoms with van der Waals surface area (Å²) in [4.78, 5) is 31.9. The molecule has 1 aliphatic heterocycles. The molecule has 1 fully saturated rings. The second-order valence-electron chi connectivity index (χ2n) is 10.0. The molecule has 0 amide bonds. The fourth-order valence-electron chi connectivity index (χ4n) is 4.50. The van der Waals surface area contributed by atoms with Gasteiger partial charge in [0, 0.05) is 74.4 Å². The molecule has 11 nitrogen and oxygen atoms in total. The van der Waals surface area contributed by atoms with Crippen LogP contribution in [0.15, 0.2) is 54.9 Å². The zero-order valence-electron chi connectivity index (χ0n) is 24.5. The summed E-state index contributed by atoms with van der Waals surface area (Å²) in [6.45, 7) is 5.44. The molecular weight excluding hydrogens is 639 g/mol. The molecule has 2 aromatic heterocycles. The summed E-state index contributed by atoms with van der Waals surface area (Å²) in [5, 5.41) is 10.8. The Balaban J connectivity index is 0.000000617. The van der Waals surface area contributed by atoms with E-state index < -0.39 is 51.0 Å². The lowest BCUT2D eigenvalue weighted by Gasteiger charge is -2.29. The number of pyridine rings is 1. The number of ketones is 1. The number of nitrogens with one attached hydrogen (secondary N) is 3. The number of anilines is 2. The molecule has 0 radical (unpaired) electrons. The van der Waals surface area contributed by atoms with E-state index in [1.807, 2.05) is 24.3 Å². The largest absolute Gasteiger partial charge is 0.490 e. The number of benzene rings is 2. The molecule has 0 atom stereocenters. The number of fused-ring (bicyclic) bond motifs is 1. The van der Waals surface area contributed by atoms with Gasteiger partial charge < -0.3 is 20.3 Å². The van der Waals surface area contributed by atoms with Gasteiger partial charge in [0.1, 0.15) is 11.5 Å². The molecule has 246 valence electrons. The Labute approximate surface area is 260 Å². The molecule has 17 heteroatoms. The van der Waals surface area contributed by atoms with Gasteiger partial charge in [0.05, 0.1) is 11.3 Å². The normalized spacial score (nSPS) is 13.8. The zero-order valence-corrected chi connectivity index (χ0v) is 25.3. The van der Waals surface area contributed by atoms with E-state index in [2.05, 4.69) is 24.9 Å². The number of hydrogen-bond acceptors (Lipinski definition) is 7. The molecule has 1 saturated heterocycles. The zero-order chi connectivity index (χ0) is 33.8. The first-order valence-electron chi connectivity index (χ1n) is 13.7. The van der Waals surface area contributed by atoms with E-state index in [1.165, 1.54) is 13.2 Å². The van der Waals surface area contributed by atoms with Gasteiger partial charge in [-0.2, -0.15) is 25.9 Å². The number of H-pyrrole nitrogens is 1. The van der Waals surface area contributed by atoms with Crippen molar-refractivity contribution < 1.29 is 45.1 Å². The number of aliphatic carboxylic acids is 1. The summed E-state index contributed by atoms with van der Waals surface area (Å²) in [6.07, 6.45) is -2.08. The highest BCUT2D eigenvalue weighted by atomic mass is 32.2. The van der Waals surface area contributed by atoms with Gasteiger partial charge in [0.15, 0.2) is 5.82 Å². The summed E-state index contributed by atoms with van der Waals surface area (Å²) in [6, 6.07) is 11.5. The van der Waals surface area contributed by atoms with E-state index in [0.29, 0.717) is 11.0 Å². The van der Waals surface area contributed by atoms with Crippen LogP contribution in [0.25, 0.3) is 22.2 Å². The highest BCUT2D eigenvalue weighted by Crippen LogP contribution is 2.30. The van der Waals surface area contributed by atoms with Gasteiger partial charge in [-0.1, -0.05) is 19.1 Å². The van der Waals surface area contributed by atoms with Gasteiger partial charge in [-0.25, -0.2) is 18.6 Å². The third kappa shape index (κ3) is 7.60. The first-order chi connectivity index (χ1) is 21.6. The summed E-state index contributed by atoms with van der Waals surface area (Å²) >= 11 is 0. The van der Waals surface area contributed by atoms with Gasteiger partial charge in [0.2, 0.25) is 5.78 Å². The van der Waals surface area contributed by atoms with Crippen LogP contribution < -0.4 is 14.9 Å². The van der Waals surface area contributed by atoms with Crippen molar-refractivity contribution in [2.24, 2.45) is 0 Å². The minimum Gasteiger partial charge on any atom is -0.475 e. The highest BCUT2D eigenvalue weighted by molar-refractivity contribution is 7.90. The lowest BCUT2D eigenvalue weighted by molar-refractivity contribution is -0.192. The molecule has 0 unspecified atom stereocenters. The number of rotatable bonds is 8. The van der Waals surface area contributed by atoms with E-state index in [4.69, 9.17) is 9.90 Å². The Bertz CT molecular complexity index is 1840. The third-order valence-corrected chi connectivity index (χ3v) is 8.67. The third-order valence-electron chi connectivity index (χ3n) is 7.11. The van der Waals surface area contributed by atoms with Gasteiger partial charge in [0.25, 0.3) is 0 Å². The minimum atomic E-state index is -5.08. The van der Waals surface area contributed by atoms with Gasteiger partial charge in [-0.3, -0.25) is 9.52 Å². The number of aromatic amines is 1. The van der Waals surface area contributed by atoms with Crippen molar-refractivity contribution in [1.29, 1.82) is 0 Å². The Hall–Kier alpha value is -4.61. The van der Waals surface area contributed by atoms with Crippen LogP contribution in [0.2, 0.25) is 0 Å². The number of carbonyl (C=O) groups is 2. The van der Waals surface area contributed by atoms with E-state index in [1.54, 1.807) is 19.2 Å². The number of hydrogen-bond donors (Lipinski definition) is 4. The molecule has 46 heavy (non-hydrogen) atoms. The van der Waals surface area contributed by atoms with E-state index in [0.717, 1.165) is 59.4 Å². The number of nitrogens with zero attached hydrogens (tertiary/aromatic N) is 3. The monoisotopic (exact) mass is 668 g/mol. The summed E-state index contributed by atoms with van der Waals surface area (Å²) in [5.74, 6) is -6.09. The van der Waals surface area contributed by atoms with Crippen LogP contribution in [0.5, 0.6) is 0 Å². The molecule has 3 heterocycles. The number of carbonyl (C=O) groups excluding carboxylic acids is 1. The molecule has 0 saturated carbocycles. The molecule has 0 spiro atoms. The van der Waals surface area contributed by atoms with Crippen molar-refractivity contribution in [2.45, 2.75) is 13.1 Å². The minimum absolute atomic E-state index is 0.0141. The van der Waals surface area contributed by atoms with Gasteiger partial charge in [-0.05, 0) is 35.9 Å². The lowest BCUT2D eigenvalue weighted by Crippen LogP contribution is -2.43. The first-order valence-corrected chi connectivity index (χ1v) is 15.2. The molecular formula is C29H29F5N6O5S. The Morgan fingerprint density at radius 3 is 2.28 bits per heavy atom. The summed E-state index contributed by atoms with van der Waals surface area (Å²) < 4.78 is 89.7. The molecule has 2 aromatic carbocycles. The number of piperazine rings is 1. The smallest absolute Gasteiger partial charge is 0.475 e. The van der Waals surface area contributed by atoms with Crippen LogP contribution >= 0.6 is 0 Å². The van der Waals surface area contributed by atoms with Crippen molar-refractivity contribution in [3.63, 3.8) is 0 Å².